The number of pyridine rings is 1. The molecule has 0 unspecified atom stereocenters. The molecule has 100 valence electrons. The average Bonchev–Trinajstić information content (AvgIpc) is 2.43. The van der Waals surface area contributed by atoms with Crippen molar-refractivity contribution in [1.29, 1.82) is 5.26 Å². The minimum Gasteiger partial charge on any atom is -0.382 e. The molecule has 0 fully saturated rings. The third kappa shape index (κ3) is 2.84. The van der Waals surface area contributed by atoms with Crippen molar-refractivity contribution >= 4 is 29.0 Å². The van der Waals surface area contributed by atoms with Crippen molar-refractivity contribution in [3.8, 4) is 6.07 Å². The highest BCUT2D eigenvalue weighted by molar-refractivity contribution is 6.33. The summed E-state index contributed by atoms with van der Waals surface area (Å²) in [6, 6.07) is 6.74. The monoisotopic (exact) mass is 290 g/mol. The number of carbonyl (C=O) groups excluding carboxylic acids is 1. The third-order valence-electron chi connectivity index (χ3n) is 2.48. The van der Waals surface area contributed by atoms with Crippen LogP contribution in [0.15, 0.2) is 30.5 Å². The number of hydrogen-bond donors (Lipinski definition) is 2. The van der Waals surface area contributed by atoms with Crippen LogP contribution in [-0.4, -0.2) is 10.9 Å². The Morgan fingerprint density at radius 1 is 1.45 bits per heavy atom. The predicted molar refractivity (Wildman–Crippen MR) is 72.7 cm³/mol. The Bertz CT molecular complexity index is 727. The lowest BCUT2D eigenvalue weighted by atomic mass is 10.2. The molecule has 2 aromatic rings. The number of nitrogen functional groups attached to an aromatic ring is 1. The highest BCUT2D eigenvalue weighted by atomic mass is 35.5. The molecule has 0 bridgehead atoms. The Hall–Kier alpha value is -2.65. The second kappa shape index (κ2) is 5.55. The first-order valence-electron chi connectivity index (χ1n) is 5.43. The van der Waals surface area contributed by atoms with E-state index in [9.17, 15) is 9.18 Å². The van der Waals surface area contributed by atoms with Crippen LogP contribution in [0.4, 0.5) is 15.9 Å². The Balaban J connectivity index is 2.23. The number of nitrogens with zero attached hydrogens (tertiary/aromatic N) is 2. The van der Waals surface area contributed by atoms with Gasteiger partial charge in [0.1, 0.15) is 17.7 Å². The number of amides is 1. The van der Waals surface area contributed by atoms with Crippen molar-refractivity contribution in [2.45, 2.75) is 0 Å². The van der Waals surface area contributed by atoms with Crippen molar-refractivity contribution in [3.05, 3.63) is 52.4 Å². The summed E-state index contributed by atoms with van der Waals surface area (Å²) in [5.74, 6) is -1.02. The Labute approximate surface area is 118 Å². The smallest absolute Gasteiger partial charge is 0.257 e. The lowest BCUT2D eigenvalue weighted by molar-refractivity contribution is 0.102. The standard InChI is InChI=1S/C13H8ClFN4O/c14-10-4-8(6-18-12(10)17)13(20)19-9-1-2-11(15)7(3-9)5-16/h1-4,6H,(H2,17,18)(H,19,20). The van der Waals surface area contributed by atoms with Crippen LogP contribution in [0.5, 0.6) is 0 Å². The van der Waals surface area contributed by atoms with Gasteiger partial charge in [-0.05, 0) is 24.3 Å². The van der Waals surface area contributed by atoms with Gasteiger partial charge in [0, 0.05) is 11.9 Å². The van der Waals surface area contributed by atoms with E-state index < -0.39 is 11.7 Å². The lowest BCUT2D eigenvalue weighted by Gasteiger charge is -2.06. The van der Waals surface area contributed by atoms with Crippen molar-refractivity contribution < 1.29 is 9.18 Å². The van der Waals surface area contributed by atoms with Gasteiger partial charge in [-0.25, -0.2) is 9.37 Å². The molecule has 5 nitrogen and oxygen atoms in total. The highest BCUT2D eigenvalue weighted by Crippen LogP contribution is 2.19. The molecule has 0 atom stereocenters. The first-order valence-corrected chi connectivity index (χ1v) is 5.81. The summed E-state index contributed by atoms with van der Waals surface area (Å²) >= 11 is 5.77. The molecular weight excluding hydrogens is 283 g/mol. The zero-order valence-corrected chi connectivity index (χ0v) is 10.8. The maximum absolute atomic E-state index is 13.2. The van der Waals surface area contributed by atoms with Gasteiger partial charge in [-0.15, -0.1) is 0 Å². The fraction of sp³-hybridized carbons (Fsp3) is 0. The van der Waals surface area contributed by atoms with Crippen LogP contribution in [0, 0.1) is 17.1 Å². The molecule has 0 spiro atoms. The zero-order valence-electron chi connectivity index (χ0n) is 10.0. The molecule has 20 heavy (non-hydrogen) atoms. The molecule has 0 aliphatic rings. The molecule has 3 N–H and O–H groups in total. The van der Waals surface area contributed by atoms with Gasteiger partial charge in [0.25, 0.3) is 5.91 Å². The second-order valence-electron chi connectivity index (χ2n) is 3.85. The Morgan fingerprint density at radius 3 is 2.85 bits per heavy atom. The predicted octanol–water partition coefficient (Wildman–Crippen LogP) is 2.58. The molecule has 1 aromatic carbocycles. The topological polar surface area (TPSA) is 91.8 Å². The number of nitriles is 1. The fourth-order valence-corrected chi connectivity index (χ4v) is 1.63. The number of halogens is 2. The molecular formula is C13H8ClFN4O. The van der Waals surface area contributed by atoms with Gasteiger partial charge < -0.3 is 11.1 Å². The second-order valence-corrected chi connectivity index (χ2v) is 4.26. The number of anilines is 2. The van der Waals surface area contributed by atoms with Crippen LogP contribution in [0.25, 0.3) is 0 Å². The van der Waals surface area contributed by atoms with E-state index in [1.165, 1.54) is 24.4 Å². The van der Waals surface area contributed by atoms with Crippen LogP contribution in [0.2, 0.25) is 5.02 Å². The molecule has 0 aliphatic heterocycles. The molecule has 0 radical (unpaired) electrons. The van der Waals surface area contributed by atoms with Crippen molar-refractivity contribution in [2.75, 3.05) is 11.1 Å². The molecule has 1 amide bonds. The molecule has 0 saturated carbocycles. The quantitative estimate of drug-likeness (QED) is 0.889. The van der Waals surface area contributed by atoms with Gasteiger partial charge in [0.2, 0.25) is 0 Å². The van der Waals surface area contributed by atoms with Crippen LogP contribution >= 0.6 is 11.6 Å². The van der Waals surface area contributed by atoms with E-state index >= 15 is 0 Å². The average molecular weight is 291 g/mol. The Morgan fingerprint density at radius 2 is 2.20 bits per heavy atom. The number of benzene rings is 1. The number of aromatic nitrogens is 1. The number of nitrogens with two attached hydrogens (primary N) is 1. The maximum atomic E-state index is 13.2. The fourth-order valence-electron chi connectivity index (χ4n) is 1.46. The lowest BCUT2D eigenvalue weighted by Crippen LogP contribution is -2.13. The summed E-state index contributed by atoms with van der Waals surface area (Å²) in [4.78, 5) is 15.7. The van der Waals surface area contributed by atoms with Crippen molar-refractivity contribution in [2.24, 2.45) is 0 Å². The molecule has 2 rings (SSSR count). The van der Waals surface area contributed by atoms with Gasteiger partial charge in [-0.3, -0.25) is 4.79 Å². The van der Waals surface area contributed by atoms with Crippen LogP contribution in [0.3, 0.4) is 0 Å². The van der Waals surface area contributed by atoms with Gasteiger partial charge in [0.05, 0.1) is 16.1 Å². The first kappa shape index (κ1) is 13.8. The summed E-state index contributed by atoms with van der Waals surface area (Å²) in [7, 11) is 0. The summed E-state index contributed by atoms with van der Waals surface area (Å²) in [5, 5.41) is 11.4. The number of hydrogen-bond acceptors (Lipinski definition) is 4. The van der Waals surface area contributed by atoms with Crippen LogP contribution in [0.1, 0.15) is 15.9 Å². The summed E-state index contributed by atoms with van der Waals surface area (Å²) < 4.78 is 13.2. The minimum atomic E-state index is -0.650. The van der Waals surface area contributed by atoms with Gasteiger partial charge in [-0.1, -0.05) is 11.6 Å². The van der Waals surface area contributed by atoms with Crippen LogP contribution < -0.4 is 11.1 Å². The number of nitrogens with one attached hydrogen (secondary N) is 1. The normalized spacial score (nSPS) is 9.85. The minimum absolute atomic E-state index is 0.122. The first-order chi connectivity index (χ1) is 9.51. The van der Waals surface area contributed by atoms with E-state index in [1.54, 1.807) is 6.07 Å². The van der Waals surface area contributed by atoms with E-state index in [1.807, 2.05) is 0 Å². The molecule has 1 heterocycles. The van der Waals surface area contributed by atoms with Gasteiger partial charge >= 0.3 is 0 Å². The SMILES string of the molecule is N#Cc1cc(NC(=O)c2cnc(N)c(Cl)c2)ccc1F. The van der Waals surface area contributed by atoms with Gasteiger partial charge in [0.15, 0.2) is 0 Å². The van der Waals surface area contributed by atoms with Crippen molar-refractivity contribution in [1.82, 2.24) is 4.98 Å². The van der Waals surface area contributed by atoms with E-state index in [0.29, 0.717) is 5.69 Å². The largest absolute Gasteiger partial charge is 0.382 e. The summed E-state index contributed by atoms with van der Waals surface area (Å²) in [5.41, 5.74) is 5.78. The van der Waals surface area contributed by atoms with E-state index in [-0.39, 0.29) is 22.0 Å². The molecule has 0 saturated heterocycles. The molecule has 1 aromatic heterocycles. The maximum Gasteiger partial charge on any atom is 0.257 e. The van der Waals surface area contributed by atoms with Crippen LogP contribution in [-0.2, 0) is 0 Å². The molecule has 0 aliphatic carbocycles. The summed E-state index contributed by atoms with van der Waals surface area (Å²) in [6.45, 7) is 0. The number of carbonyl (C=O) groups is 1. The third-order valence-corrected chi connectivity index (χ3v) is 2.78. The van der Waals surface area contributed by atoms with E-state index in [2.05, 4.69) is 10.3 Å². The van der Waals surface area contributed by atoms with Crippen molar-refractivity contribution in [3.63, 3.8) is 0 Å². The summed E-state index contributed by atoms with van der Waals surface area (Å²) in [6.07, 6.45) is 1.27. The van der Waals surface area contributed by atoms with Gasteiger partial charge in [-0.2, -0.15) is 5.26 Å². The number of rotatable bonds is 2. The zero-order chi connectivity index (χ0) is 14.7. The Kier molecular flexibility index (Phi) is 3.82. The highest BCUT2D eigenvalue weighted by Gasteiger charge is 2.10. The van der Waals surface area contributed by atoms with E-state index in [4.69, 9.17) is 22.6 Å². The van der Waals surface area contributed by atoms with E-state index in [0.717, 1.165) is 6.07 Å². The molecule has 7 heteroatoms.